The lowest BCUT2D eigenvalue weighted by Gasteiger charge is -2.12. The molecule has 3 aromatic rings. The molecule has 0 spiro atoms. The smallest absolute Gasteiger partial charge is 0.416 e. The van der Waals surface area contributed by atoms with Crippen molar-refractivity contribution in [1.29, 1.82) is 0 Å². The molecule has 0 aliphatic rings. The zero-order valence-corrected chi connectivity index (χ0v) is 13.7. The SMILES string of the molecule is Cc1nc(-c2cccnc2)n(Cc2cccc(C(F)(F)F)c2)c1C(=O)O. The molecule has 3 rings (SSSR count). The summed E-state index contributed by atoms with van der Waals surface area (Å²) in [5, 5.41) is 9.51. The third-order valence-corrected chi connectivity index (χ3v) is 3.86. The maximum atomic E-state index is 12.9. The summed E-state index contributed by atoms with van der Waals surface area (Å²) >= 11 is 0. The van der Waals surface area contributed by atoms with Gasteiger partial charge in [-0.3, -0.25) is 4.98 Å². The van der Waals surface area contributed by atoms with E-state index in [9.17, 15) is 23.1 Å². The molecular formula is C18H14F3N3O2. The normalized spacial score (nSPS) is 11.5. The topological polar surface area (TPSA) is 68.0 Å². The standard InChI is InChI=1S/C18H14F3N3O2/c1-11-15(17(25)26)24(16(23-11)13-5-3-7-22-9-13)10-12-4-2-6-14(8-12)18(19,20)21/h2-9H,10H2,1H3,(H,25,26). The predicted octanol–water partition coefficient (Wildman–Crippen LogP) is 4.02. The number of aromatic nitrogens is 3. The fourth-order valence-corrected chi connectivity index (χ4v) is 2.74. The minimum atomic E-state index is -4.47. The summed E-state index contributed by atoms with van der Waals surface area (Å²) in [5.74, 6) is -0.859. The largest absolute Gasteiger partial charge is 0.477 e. The van der Waals surface area contributed by atoms with E-state index in [-0.39, 0.29) is 17.9 Å². The third-order valence-electron chi connectivity index (χ3n) is 3.86. The van der Waals surface area contributed by atoms with E-state index in [4.69, 9.17) is 0 Å². The Bertz CT molecular complexity index is 950. The van der Waals surface area contributed by atoms with Crippen LogP contribution in [0.15, 0.2) is 48.8 Å². The van der Waals surface area contributed by atoms with Crippen molar-refractivity contribution in [2.24, 2.45) is 0 Å². The molecular weight excluding hydrogens is 347 g/mol. The number of aromatic carboxylic acids is 1. The van der Waals surface area contributed by atoms with E-state index in [1.54, 1.807) is 25.3 Å². The first-order valence-electron chi connectivity index (χ1n) is 7.64. The van der Waals surface area contributed by atoms with E-state index in [0.717, 1.165) is 12.1 Å². The van der Waals surface area contributed by atoms with Crippen molar-refractivity contribution in [2.45, 2.75) is 19.6 Å². The number of imidazole rings is 1. The molecule has 0 saturated heterocycles. The van der Waals surface area contributed by atoms with Gasteiger partial charge in [-0.25, -0.2) is 9.78 Å². The number of nitrogens with zero attached hydrogens (tertiary/aromatic N) is 3. The number of carbonyl (C=O) groups is 1. The maximum absolute atomic E-state index is 12.9. The number of carboxylic acids is 1. The second-order valence-electron chi connectivity index (χ2n) is 5.70. The Hall–Kier alpha value is -3.16. The van der Waals surface area contributed by atoms with Gasteiger partial charge in [0.05, 0.1) is 11.3 Å². The predicted molar refractivity (Wildman–Crippen MR) is 87.7 cm³/mol. The molecule has 0 unspecified atom stereocenters. The van der Waals surface area contributed by atoms with Crippen LogP contribution >= 0.6 is 0 Å². The van der Waals surface area contributed by atoms with E-state index in [0.29, 0.717) is 17.0 Å². The van der Waals surface area contributed by atoms with Crippen molar-refractivity contribution in [3.63, 3.8) is 0 Å². The monoisotopic (exact) mass is 361 g/mol. The average Bonchev–Trinajstić information content (AvgIpc) is 2.91. The van der Waals surface area contributed by atoms with Crippen molar-refractivity contribution in [3.05, 3.63) is 71.3 Å². The molecule has 0 aliphatic heterocycles. The summed E-state index contributed by atoms with van der Waals surface area (Å²) in [5.41, 5.74) is 0.330. The third kappa shape index (κ3) is 3.44. The fraction of sp³-hybridized carbons (Fsp3) is 0.167. The lowest BCUT2D eigenvalue weighted by atomic mass is 10.1. The van der Waals surface area contributed by atoms with E-state index in [1.165, 1.54) is 22.9 Å². The molecule has 0 saturated carbocycles. The molecule has 2 heterocycles. The van der Waals surface area contributed by atoms with Crippen LogP contribution < -0.4 is 0 Å². The Morgan fingerprint density at radius 1 is 1.23 bits per heavy atom. The quantitative estimate of drug-likeness (QED) is 0.762. The summed E-state index contributed by atoms with van der Waals surface area (Å²) in [4.78, 5) is 19.9. The molecule has 1 N–H and O–H groups in total. The Balaban J connectivity index is 2.11. The number of benzene rings is 1. The highest BCUT2D eigenvalue weighted by atomic mass is 19.4. The van der Waals surface area contributed by atoms with Crippen LogP contribution in [-0.2, 0) is 12.7 Å². The first-order chi connectivity index (χ1) is 12.3. The number of halogens is 3. The van der Waals surface area contributed by atoms with Gasteiger partial charge in [0, 0.05) is 24.5 Å². The van der Waals surface area contributed by atoms with Gasteiger partial charge >= 0.3 is 12.1 Å². The van der Waals surface area contributed by atoms with Crippen molar-refractivity contribution >= 4 is 5.97 Å². The minimum absolute atomic E-state index is 0.0589. The summed E-state index contributed by atoms with van der Waals surface area (Å²) in [6, 6.07) is 8.18. The van der Waals surface area contributed by atoms with Gasteiger partial charge in [0.15, 0.2) is 5.69 Å². The second kappa shape index (κ2) is 6.62. The van der Waals surface area contributed by atoms with E-state index in [1.807, 2.05) is 0 Å². The number of rotatable bonds is 4. The molecule has 0 aliphatic carbocycles. The first-order valence-corrected chi connectivity index (χ1v) is 7.64. The van der Waals surface area contributed by atoms with Gasteiger partial charge in [-0.2, -0.15) is 13.2 Å². The zero-order valence-electron chi connectivity index (χ0n) is 13.7. The molecule has 134 valence electrons. The molecule has 8 heteroatoms. The fourth-order valence-electron chi connectivity index (χ4n) is 2.74. The van der Waals surface area contributed by atoms with Crippen molar-refractivity contribution in [1.82, 2.24) is 14.5 Å². The van der Waals surface area contributed by atoms with Gasteiger partial charge in [-0.15, -0.1) is 0 Å². The number of carboxylic acid groups (broad SMARTS) is 1. The molecule has 0 atom stereocenters. The highest BCUT2D eigenvalue weighted by Gasteiger charge is 2.30. The van der Waals surface area contributed by atoms with E-state index >= 15 is 0 Å². The second-order valence-corrected chi connectivity index (χ2v) is 5.70. The molecule has 2 aromatic heterocycles. The van der Waals surface area contributed by atoms with Crippen LogP contribution in [0.4, 0.5) is 13.2 Å². The zero-order chi connectivity index (χ0) is 18.9. The summed E-state index contributed by atoms with van der Waals surface area (Å²) < 4.78 is 40.2. The number of hydrogen-bond donors (Lipinski definition) is 1. The van der Waals surface area contributed by atoms with Crippen LogP contribution in [0.5, 0.6) is 0 Å². The highest BCUT2D eigenvalue weighted by Crippen LogP contribution is 2.30. The van der Waals surface area contributed by atoms with E-state index in [2.05, 4.69) is 9.97 Å². The summed E-state index contributed by atoms with van der Waals surface area (Å²) in [6.07, 6.45) is -1.38. The Kier molecular flexibility index (Phi) is 4.50. The van der Waals surface area contributed by atoms with Crippen LogP contribution in [0.25, 0.3) is 11.4 Å². The van der Waals surface area contributed by atoms with Crippen LogP contribution in [-0.4, -0.2) is 25.6 Å². The molecule has 0 bridgehead atoms. The number of pyridine rings is 1. The highest BCUT2D eigenvalue weighted by molar-refractivity contribution is 5.88. The van der Waals surface area contributed by atoms with Gasteiger partial charge in [0.2, 0.25) is 0 Å². The molecule has 5 nitrogen and oxygen atoms in total. The van der Waals surface area contributed by atoms with Gasteiger partial charge < -0.3 is 9.67 Å². The molecule has 0 amide bonds. The molecule has 26 heavy (non-hydrogen) atoms. The van der Waals surface area contributed by atoms with Crippen LogP contribution in [0, 0.1) is 6.92 Å². The van der Waals surface area contributed by atoms with Crippen molar-refractivity contribution in [2.75, 3.05) is 0 Å². The van der Waals surface area contributed by atoms with Gasteiger partial charge in [0.1, 0.15) is 5.82 Å². The average molecular weight is 361 g/mol. The van der Waals surface area contributed by atoms with Crippen LogP contribution in [0.3, 0.4) is 0 Å². The Morgan fingerprint density at radius 3 is 2.62 bits per heavy atom. The minimum Gasteiger partial charge on any atom is -0.477 e. The molecule has 0 fully saturated rings. The van der Waals surface area contributed by atoms with Crippen LogP contribution in [0.1, 0.15) is 27.3 Å². The van der Waals surface area contributed by atoms with Gasteiger partial charge in [0.25, 0.3) is 0 Å². The summed E-state index contributed by atoms with van der Waals surface area (Å²) in [6.45, 7) is 1.49. The Morgan fingerprint density at radius 2 is 2.00 bits per heavy atom. The van der Waals surface area contributed by atoms with Crippen LogP contribution in [0.2, 0.25) is 0 Å². The van der Waals surface area contributed by atoms with E-state index < -0.39 is 17.7 Å². The number of aryl methyl sites for hydroxylation is 1. The van der Waals surface area contributed by atoms with Crippen molar-refractivity contribution < 1.29 is 23.1 Å². The lowest BCUT2D eigenvalue weighted by Crippen LogP contribution is -2.13. The number of hydrogen-bond acceptors (Lipinski definition) is 3. The lowest BCUT2D eigenvalue weighted by molar-refractivity contribution is -0.137. The van der Waals surface area contributed by atoms with Gasteiger partial charge in [-0.05, 0) is 36.8 Å². The van der Waals surface area contributed by atoms with Gasteiger partial charge in [-0.1, -0.05) is 12.1 Å². The first kappa shape index (κ1) is 17.7. The summed E-state index contributed by atoms with van der Waals surface area (Å²) in [7, 11) is 0. The number of alkyl halides is 3. The van der Waals surface area contributed by atoms with Crippen molar-refractivity contribution in [3.8, 4) is 11.4 Å². The Labute approximate surface area is 146 Å². The molecule has 0 radical (unpaired) electrons. The molecule has 1 aromatic carbocycles. The maximum Gasteiger partial charge on any atom is 0.416 e.